The van der Waals surface area contributed by atoms with Gasteiger partial charge >= 0.3 is 0 Å². The number of nitrogens with one attached hydrogen (secondary N) is 1. The van der Waals surface area contributed by atoms with Crippen molar-refractivity contribution in [3.05, 3.63) is 58.7 Å². The van der Waals surface area contributed by atoms with Gasteiger partial charge in [-0.2, -0.15) is 5.26 Å². The zero-order chi connectivity index (χ0) is 23.2. The van der Waals surface area contributed by atoms with E-state index in [4.69, 9.17) is 10.00 Å². The van der Waals surface area contributed by atoms with E-state index < -0.39 is 16.1 Å². The fraction of sp³-hybridized carbons (Fsp3) is 0.480. The van der Waals surface area contributed by atoms with Gasteiger partial charge in [-0.1, -0.05) is 6.07 Å². The molecule has 1 aliphatic carbocycles. The normalized spacial score (nSPS) is 23.6. The van der Waals surface area contributed by atoms with Crippen molar-refractivity contribution in [1.82, 2.24) is 4.90 Å². The molecule has 182 valence electrons. The Morgan fingerprint density at radius 2 is 1.94 bits per heavy atom. The number of piperidine rings is 1. The van der Waals surface area contributed by atoms with Crippen LogP contribution in [0.4, 0.5) is 5.69 Å². The van der Waals surface area contributed by atoms with E-state index in [9.17, 15) is 13.5 Å². The highest BCUT2D eigenvalue weighted by atomic mass is 35.5. The van der Waals surface area contributed by atoms with Crippen molar-refractivity contribution in [3.8, 4) is 11.8 Å². The third-order valence-electron chi connectivity index (χ3n) is 7.33. The maximum atomic E-state index is 11.5. The Kier molecular flexibility index (Phi) is 6.85. The number of anilines is 1. The molecule has 34 heavy (non-hydrogen) atoms. The van der Waals surface area contributed by atoms with E-state index in [-0.39, 0.29) is 18.0 Å². The van der Waals surface area contributed by atoms with E-state index in [0.29, 0.717) is 29.5 Å². The molecule has 1 fully saturated rings. The van der Waals surface area contributed by atoms with Gasteiger partial charge in [-0.25, -0.2) is 8.42 Å². The second-order valence-electron chi connectivity index (χ2n) is 9.66. The van der Waals surface area contributed by atoms with Gasteiger partial charge in [0.15, 0.2) is 0 Å². The van der Waals surface area contributed by atoms with Gasteiger partial charge in [-0.05, 0) is 73.6 Å². The van der Waals surface area contributed by atoms with E-state index in [0.717, 1.165) is 57.0 Å². The summed E-state index contributed by atoms with van der Waals surface area (Å²) in [5.74, 6) is 0.640. The van der Waals surface area contributed by atoms with Crippen LogP contribution in [0.5, 0.6) is 5.75 Å². The molecule has 2 heterocycles. The summed E-state index contributed by atoms with van der Waals surface area (Å²) in [6.45, 7) is 1.85. The van der Waals surface area contributed by atoms with Crippen LogP contribution in [0.1, 0.15) is 54.0 Å². The largest absolute Gasteiger partial charge is 0.487 e. The van der Waals surface area contributed by atoms with Crippen LogP contribution in [0.3, 0.4) is 0 Å². The van der Waals surface area contributed by atoms with Gasteiger partial charge in [0.25, 0.3) is 0 Å². The van der Waals surface area contributed by atoms with Gasteiger partial charge in [0, 0.05) is 36.8 Å². The third kappa shape index (κ3) is 5.03. The Morgan fingerprint density at radius 3 is 2.65 bits per heavy atom. The fourth-order valence-electron chi connectivity index (χ4n) is 5.64. The van der Waals surface area contributed by atoms with Crippen LogP contribution in [0.15, 0.2) is 36.4 Å². The van der Waals surface area contributed by atoms with Gasteiger partial charge in [0.1, 0.15) is 11.4 Å². The highest BCUT2D eigenvalue weighted by Crippen LogP contribution is 2.45. The molecule has 1 spiro atoms. The number of aryl methyl sites for hydroxylation is 1. The van der Waals surface area contributed by atoms with E-state index in [1.54, 1.807) is 18.2 Å². The SMILES string of the molecule is CS(=O)(=O)Nc1ccc2c(c1)[C@@H](O)CC1(CCN([C@H]3CCc4cc(C#N)ccc4C3)CC1)O2.Cl. The Labute approximate surface area is 207 Å². The van der Waals surface area contributed by atoms with Crippen LogP contribution in [0, 0.1) is 11.3 Å². The molecule has 0 aromatic heterocycles. The monoisotopic (exact) mass is 503 g/mol. The number of nitriles is 1. The number of aliphatic hydroxyl groups excluding tert-OH is 1. The quantitative estimate of drug-likeness (QED) is 0.664. The molecule has 0 radical (unpaired) electrons. The number of fused-ring (bicyclic) bond motifs is 2. The number of ether oxygens (including phenoxy) is 1. The predicted octanol–water partition coefficient (Wildman–Crippen LogP) is 3.56. The number of aliphatic hydroxyl groups is 1. The van der Waals surface area contributed by atoms with Crippen molar-refractivity contribution in [2.45, 2.75) is 56.3 Å². The fourth-order valence-corrected chi connectivity index (χ4v) is 6.19. The molecule has 7 nitrogen and oxygen atoms in total. The third-order valence-corrected chi connectivity index (χ3v) is 7.93. The standard InChI is InChI=1S/C25H29N3O4S.ClH/c1-33(30,31)27-20-5-7-24-22(14-20)23(29)15-25(32-24)8-10-28(11-9-25)21-6-4-18-12-17(16-26)2-3-19(18)13-21;/h2-3,5,7,12,14,21,23,27,29H,4,6,8-11,13,15H2,1H3;1H/t21-,23-;/m0./s1. The van der Waals surface area contributed by atoms with Crippen molar-refractivity contribution >= 4 is 28.1 Å². The lowest BCUT2D eigenvalue weighted by Crippen LogP contribution is -2.53. The summed E-state index contributed by atoms with van der Waals surface area (Å²) in [6, 6.07) is 13.9. The molecule has 0 saturated carbocycles. The molecule has 0 amide bonds. The van der Waals surface area contributed by atoms with Crippen LogP contribution in [0.2, 0.25) is 0 Å². The van der Waals surface area contributed by atoms with Gasteiger partial charge in [-0.15, -0.1) is 12.4 Å². The molecule has 0 bridgehead atoms. The van der Waals surface area contributed by atoms with E-state index in [1.165, 1.54) is 11.1 Å². The van der Waals surface area contributed by atoms with Gasteiger partial charge in [0.05, 0.1) is 24.0 Å². The van der Waals surface area contributed by atoms with Crippen molar-refractivity contribution in [2.75, 3.05) is 24.1 Å². The summed E-state index contributed by atoms with van der Waals surface area (Å²) < 4.78 is 32.0. The first-order chi connectivity index (χ1) is 15.7. The number of hydrogen-bond donors (Lipinski definition) is 2. The zero-order valence-electron chi connectivity index (χ0n) is 19.2. The first-order valence-corrected chi connectivity index (χ1v) is 13.4. The smallest absolute Gasteiger partial charge is 0.229 e. The van der Waals surface area contributed by atoms with Crippen LogP contribution < -0.4 is 9.46 Å². The number of benzene rings is 2. The lowest BCUT2D eigenvalue weighted by atomic mass is 9.80. The summed E-state index contributed by atoms with van der Waals surface area (Å²) >= 11 is 0. The van der Waals surface area contributed by atoms with Crippen LogP contribution in [0.25, 0.3) is 0 Å². The molecule has 2 aliphatic heterocycles. The molecule has 9 heteroatoms. The maximum Gasteiger partial charge on any atom is 0.229 e. The summed E-state index contributed by atoms with van der Waals surface area (Å²) in [6.07, 6.45) is 5.75. The second-order valence-corrected chi connectivity index (χ2v) is 11.4. The van der Waals surface area contributed by atoms with Gasteiger partial charge in [-0.3, -0.25) is 9.62 Å². The number of sulfonamides is 1. The molecule has 2 N–H and O–H groups in total. The Bertz CT molecular complexity index is 1220. The number of halogens is 1. The van der Waals surface area contributed by atoms with Gasteiger partial charge in [0.2, 0.25) is 10.0 Å². The number of likely N-dealkylation sites (tertiary alicyclic amines) is 1. The average molecular weight is 504 g/mol. The lowest BCUT2D eigenvalue weighted by molar-refractivity contribution is -0.0608. The highest BCUT2D eigenvalue weighted by molar-refractivity contribution is 7.92. The van der Waals surface area contributed by atoms with Crippen molar-refractivity contribution in [1.29, 1.82) is 5.26 Å². The molecule has 0 unspecified atom stereocenters. The van der Waals surface area contributed by atoms with Crippen LogP contribution >= 0.6 is 12.4 Å². The van der Waals surface area contributed by atoms with E-state index in [1.807, 2.05) is 12.1 Å². The number of nitrogens with zero attached hydrogens (tertiary/aromatic N) is 2. The van der Waals surface area contributed by atoms with E-state index in [2.05, 4.69) is 21.8 Å². The van der Waals surface area contributed by atoms with Crippen LogP contribution in [-0.4, -0.2) is 49.4 Å². The summed E-state index contributed by atoms with van der Waals surface area (Å²) in [5.41, 5.74) is 4.07. The lowest BCUT2D eigenvalue weighted by Gasteiger charge is -2.48. The molecular weight excluding hydrogens is 474 g/mol. The minimum Gasteiger partial charge on any atom is -0.487 e. The Hall–Kier alpha value is -2.31. The maximum absolute atomic E-state index is 11.5. The minimum atomic E-state index is -3.38. The topological polar surface area (TPSA) is 103 Å². The molecule has 2 atom stereocenters. The van der Waals surface area contributed by atoms with Crippen molar-refractivity contribution < 1.29 is 18.3 Å². The number of hydrogen-bond acceptors (Lipinski definition) is 6. The van der Waals surface area contributed by atoms with Gasteiger partial charge < -0.3 is 9.84 Å². The zero-order valence-corrected chi connectivity index (χ0v) is 20.8. The number of rotatable bonds is 3. The summed E-state index contributed by atoms with van der Waals surface area (Å²) in [4.78, 5) is 2.55. The first kappa shape index (κ1) is 24.8. The van der Waals surface area contributed by atoms with Crippen LogP contribution in [-0.2, 0) is 22.9 Å². The molecule has 2 aromatic carbocycles. The highest BCUT2D eigenvalue weighted by Gasteiger charge is 2.44. The minimum absolute atomic E-state index is 0. The summed E-state index contributed by atoms with van der Waals surface area (Å²) in [7, 11) is -3.38. The molecular formula is C25H30ClN3O4S. The molecule has 3 aliphatic rings. The molecule has 5 rings (SSSR count). The Morgan fingerprint density at radius 1 is 1.18 bits per heavy atom. The van der Waals surface area contributed by atoms with Crippen molar-refractivity contribution in [2.24, 2.45) is 0 Å². The average Bonchev–Trinajstić information content (AvgIpc) is 2.78. The van der Waals surface area contributed by atoms with E-state index >= 15 is 0 Å². The second kappa shape index (κ2) is 9.38. The first-order valence-electron chi connectivity index (χ1n) is 11.5. The van der Waals surface area contributed by atoms with Crippen molar-refractivity contribution in [3.63, 3.8) is 0 Å². The molecule has 2 aromatic rings. The predicted molar refractivity (Wildman–Crippen MR) is 133 cm³/mol. The molecule has 1 saturated heterocycles. The summed E-state index contributed by atoms with van der Waals surface area (Å²) in [5, 5.41) is 20.0. The Balaban J connectivity index is 0.00000274.